The number of piperidine rings is 1. The number of thiazole rings is 1. The fraction of sp³-hybridized carbons (Fsp3) is 0.444. The van der Waals surface area contributed by atoms with Gasteiger partial charge in [0.05, 0.1) is 5.69 Å². The number of likely N-dealkylation sites (tertiary alicyclic amines) is 1. The first-order valence-corrected chi connectivity index (χ1v) is 9.21. The molecule has 0 bridgehead atoms. The molecule has 1 aliphatic heterocycles. The zero-order valence-corrected chi connectivity index (χ0v) is 15.1. The number of halogens is 2. The molecule has 25 heavy (non-hydrogen) atoms. The van der Waals surface area contributed by atoms with E-state index < -0.39 is 17.5 Å². The summed E-state index contributed by atoms with van der Waals surface area (Å²) in [4.78, 5) is 18.9. The predicted octanol–water partition coefficient (Wildman–Crippen LogP) is 4.15. The first-order valence-electron chi connectivity index (χ1n) is 8.33. The van der Waals surface area contributed by atoms with Crippen molar-refractivity contribution in [3.05, 3.63) is 46.5 Å². The van der Waals surface area contributed by atoms with Crippen molar-refractivity contribution >= 4 is 22.4 Å². The van der Waals surface area contributed by atoms with Gasteiger partial charge in [-0.1, -0.05) is 13.8 Å². The van der Waals surface area contributed by atoms with Crippen molar-refractivity contribution in [2.45, 2.75) is 26.8 Å². The highest BCUT2D eigenvalue weighted by molar-refractivity contribution is 7.13. The second kappa shape index (κ2) is 7.58. The number of carbonyl (C=O) groups is 1. The molecule has 3 rings (SSSR count). The molecule has 7 heteroatoms. The summed E-state index contributed by atoms with van der Waals surface area (Å²) in [5.74, 6) is -0.787. The van der Waals surface area contributed by atoms with Gasteiger partial charge in [-0.3, -0.25) is 15.0 Å². The standard InChI is InChI=1S/C18H21F2N3OS/c1-11-3-12(2)8-23(7-11)9-16-10-25-18(21-16)22-17(24)13-4-14(19)6-15(20)5-13/h4-6,10-12H,3,7-9H2,1-2H3,(H,21,22,24). The van der Waals surface area contributed by atoms with Crippen LogP contribution in [0.4, 0.5) is 13.9 Å². The summed E-state index contributed by atoms with van der Waals surface area (Å²) in [5, 5.41) is 4.95. The second-order valence-corrected chi connectivity index (χ2v) is 7.75. The molecule has 0 radical (unpaired) electrons. The van der Waals surface area contributed by atoms with E-state index in [0.29, 0.717) is 17.0 Å². The van der Waals surface area contributed by atoms with E-state index in [4.69, 9.17) is 0 Å². The molecule has 2 unspecified atom stereocenters. The Morgan fingerprint density at radius 2 is 1.88 bits per heavy atom. The SMILES string of the molecule is CC1CC(C)CN(Cc2csc(NC(=O)c3cc(F)cc(F)c3)n2)C1. The molecule has 134 valence electrons. The van der Waals surface area contributed by atoms with Crippen LogP contribution in [-0.4, -0.2) is 28.9 Å². The van der Waals surface area contributed by atoms with Crippen LogP contribution < -0.4 is 5.32 Å². The summed E-state index contributed by atoms with van der Waals surface area (Å²) < 4.78 is 26.4. The molecule has 1 saturated heterocycles. The topological polar surface area (TPSA) is 45.2 Å². The number of benzene rings is 1. The maximum Gasteiger partial charge on any atom is 0.257 e. The van der Waals surface area contributed by atoms with Gasteiger partial charge in [0.1, 0.15) is 11.6 Å². The molecule has 1 N–H and O–H groups in total. The number of carbonyl (C=O) groups excluding carboxylic acids is 1. The van der Waals surface area contributed by atoms with Gasteiger partial charge in [-0.25, -0.2) is 13.8 Å². The molecule has 1 aromatic carbocycles. The molecule has 0 aliphatic carbocycles. The van der Waals surface area contributed by atoms with E-state index in [1.54, 1.807) is 0 Å². The minimum atomic E-state index is -0.779. The van der Waals surface area contributed by atoms with Crippen molar-refractivity contribution < 1.29 is 13.6 Å². The van der Waals surface area contributed by atoms with Gasteiger partial charge < -0.3 is 0 Å². The Morgan fingerprint density at radius 1 is 1.24 bits per heavy atom. The summed E-state index contributed by atoms with van der Waals surface area (Å²) in [7, 11) is 0. The lowest BCUT2D eigenvalue weighted by molar-refractivity contribution is 0.102. The zero-order valence-electron chi connectivity index (χ0n) is 14.3. The minimum absolute atomic E-state index is 0.0621. The molecule has 1 amide bonds. The third-order valence-electron chi connectivity index (χ3n) is 4.23. The predicted molar refractivity (Wildman–Crippen MR) is 94.6 cm³/mol. The van der Waals surface area contributed by atoms with Crippen molar-refractivity contribution in [3.8, 4) is 0 Å². The van der Waals surface area contributed by atoms with E-state index in [1.165, 1.54) is 17.8 Å². The van der Waals surface area contributed by atoms with Crippen molar-refractivity contribution in [2.75, 3.05) is 18.4 Å². The first-order chi connectivity index (χ1) is 11.9. The molecule has 2 heterocycles. The van der Waals surface area contributed by atoms with Crippen LogP contribution in [0.1, 0.15) is 36.3 Å². The molecule has 1 fully saturated rings. The van der Waals surface area contributed by atoms with Gasteiger partial charge >= 0.3 is 0 Å². The Balaban J connectivity index is 1.62. The molecule has 1 aliphatic rings. The Bertz CT molecular complexity index is 734. The summed E-state index contributed by atoms with van der Waals surface area (Å²) in [6.45, 7) is 7.36. The fourth-order valence-electron chi connectivity index (χ4n) is 3.44. The monoisotopic (exact) mass is 365 g/mol. The Hall–Kier alpha value is -1.86. The van der Waals surface area contributed by atoms with E-state index in [1.807, 2.05) is 5.38 Å². The number of nitrogens with one attached hydrogen (secondary N) is 1. The number of nitrogens with zero attached hydrogens (tertiary/aromatic N) is 2. The first kappa shape index (κ1) is 17.9. The summed E-state index contributed by atoms with van der Waals surface area (Å²) in [5.41, 5.74) is 0.833. The lowest BCUT2D eigenvalue weighted by Gasteiger charge is -2.34. The van der Waals surface area contributed by atoms with Crippen molar-refractivity contribution in [3.63, 3.8) is 0 Å². The summed E-state index contributed by atoms with van der Waals surface area (Å²) >= 11 is 1.31. The number of rotatable bonds is 4. The van der Waals surface area contributed by atoms with Crippen LogP contribution >= 0.6 is 11.3 Å². The van der Waals surface area contributed by atoms with Crippen LogP contribution in [0.25, 0.3) is 0 Å². The third kappa shape index (κ3) is 4.83. The highest BCUT2D eigenvalue weighted by Crippen LogP contribution is 2.24. The average Bonchev–Trinajstić information content (AvgIpc) is 2.92. The third-order valence-corrected chi connectivity index (χ3v) is 5.03. The molecule has 1 aromatic heterocycles. The van der Waals surface area contributed by atoms with Crippen molar-refractivity contribution in [2.24, 2.45) is 11.8 Å². The van der Waals surface area contributed by atoms with E-state index >= 15 is 0 Å². The molecule has 0 saturated carbocycles. The van der Waals surface area contributed by atoms with Crippen molar-refractivity contribution in [1.82, 2.24) is 9.88 Å². The summed E-state index contributed by atoms with van der Waals surface area (Å²) in [6, 6.07) is 2.74. The minimum Gasteiger partial charge on any atom is -0.298 e. The van der Waals surface area contributed by atoms with Crippen LogP contribution in [0, 0.1) is 23.5 Å². The summed E-state index contributed by atoms with van der Waals surface area (Å²) in [6.07, 6.45) is 1.25. The van der Waals surface area contributed by atoms with Gasteiger partial charge in [-0.05, 0) is 30.4 Å². The van der Waals surface area contributed by atoms with Gasteiger partial charge in [0, 0.05) is 36.6 Å². The van der Waals surface area contributed by atoms with Gasteiger partial charge in [0.15, 0.2) is 5.13 Å². The van der Waals surface area contributed by atoms with Gasteiger partial charge in [-0.15, -0.1) is 11.3 Å². The highest BCUT2D eigenvalue weighted by Gasteiger charge is 2.22. The van der Waals surface area contributed by atoms with Gasteiger partial charge in [-0.2, -0.15) is 0 Å². The molecular weight excluding hydrogens is 344 g/mol. The van der Waals surface area contributed by atoms with Crippen LogP contribution in [0.5, 0.6) is 0 Å². The fourth-order valence-corrected chi connectivity index (χ4v) is 4.14. The largest absolute Gasteiger partial charge is 0.298 e. The Morgan fingerprint density at radius 3 is 2.52 bits per heavy atom. The van der Waals surface area contributed by atoms with Crippen LogP contribution in [0.2, 0.25) is 0 Å². The maximum atomic E-state index is 13.2. The Kier molecular flexibility index (Phi) is 5.44. The average molecular weight is 365 g/mol. The molecular formula is C18H21F2N3OS. The Labute approximate surface area is 149 Å². The van der Waals surface area contributed by atoms with E-state index in [2.05, 4.69) is 29.0 Å². The van der Waals surface area contributed by atoms with Crippen molar-refractivity contribution in [1.29, 1.82) is 0 Å². The number of anilines is 1. The maximum absolute atomic E-state index is 13.2. The number of aromatic nitrogens is 1. The quantitative estimate of drug-likeness (QED) is 0.885. The lowest BCUT2D eigenvalue weighted by Crippen LogP contribution is -2.38. The van der Waals surface area contributed by atoms with Crippen LogP contribution in [-0.2, 0) is 6.54 Å². The highest BCUT2D eigenvalue weighted by atomic mass is 32.1. The van der Waals surface area contributed by atoms with Crippen LogP contribution in [0.3, 0.4) is 0 Å². The molecule has 2 aromatic rings. The van der Waals surface area contributed by atoms with Crippen LogP contribution in [0.15, 0.2) is 23.6 Å². The smallest absolute Gasteiger partial charge is 0.257 e. The molecule has 0 spiro atoms. The van der Waals surface area contributed by atoms with Gasteiger partial charge in [0.2, 0.25) is 0 Å². The molecule has 4 nitrogen and oxygen atoms in total. The number of hydrogen-bond acceptors (Lipinski definition) is 4. The number of hydrogen-bond donors (Lipinski definition) is 1. The second-order valence-electron chi connectivity index (χ2n) is 6.90. The van der Waals surface area contributed by atoms with E-state index in [9.17, 15) is 13.6 Å². The lowest BCUT2D eigenvalue weighted by atomic mass is 9.92. The molecule has 2 atom stereocenters. The van der Waals surface area contributed by atoms with E-state index in [0.717, 1.165) is 43.5 Å². The zero-order chi connectivity index (χ0) is 18.0. The normalized spacial score (nSPS) is 21.3. The number of amides is 1. The van der Waals surface area contributed by atoms with Gasteiger partial charge in [0.25, 0.3) is 5.91 Å². The van der Waals surface area contributed by atoms with E-state index in [-0.39, 0.29) is 5.56 Å².